The Morgan fingerprint density at radius 2 is 1.48 bits per heavy atom. The molecule has 0 bridgehead atoms. The zero-order chi connectivity index (χ0) is 19.6. The van der Waals surface area contributed by atoms with Crippen LogP contribution >= 0.6 is 36.2 Å². The first-order valence-corrected chi connectivity index (χ1v) is 13.7. The Bertz CT molecular complexity index is 427. The van der Waals surface area contributed by atoms with Crippen molar-refractivity contribution in [3.05, 3.63) is 30.3 Å². The van der Waals surface area contributed by atoms with Gasteiger partial charge in [-0.1, -0.05) is 82.7 Å². The standard InChI is InChI=1S/C23H39OS3/c1-3-4-5-13-18-22(24-21-16-11-10-12-17-21)23(25)27-20-15-9-7-6-8-14-19-26-2/h10-12,16-17,22-23H,3-9,13-15,18-20H2,1-2H3. The molecule has 1 radical (unpaired) electrons. The van der Waals surface area contributed by atoms with Crippen molar-refractivity contribution in [3.8, 4) is 5.75 Å². The highest BCUT2D eigenvalue weighted by Crippen LogP contribution is 2.27. The van der Waals surface area contributed by atoms with Crippen LogP contribution in [0.25, 0.3) is 0 Å². The van der Waals surface area contributed by atoms with E-state index in [2.05, 4.69) is 13.2 Å². The van der Waals surface area contributed by atoms with Gasteiger partial charge in [-0.05, 0) is 55.6 Å². The summed E-state index contributed by atoms with van der Waals surface area (Å²) >= 11 is 9.71. The minimum atomic E-state index is 0.147. The lowest BCUT2D eigenvalue weighted by molar-refractivity contribution is 0.204. The van der Waals surface area contributed by atoms with E-state index in [1.54, 1.807) is 0 Å². The molecule has 1 aromatic carbocycles. The maximum absolute atomic E-state index is 6.26. The highest BCUT2D eigenvalue weighted by molar-refractivity contribution is 8.10. The van der Waals surface area contributed by atoms with Crippen LogP contribution in [0.5, 0.6) is 5.75 Å². The molecular formula is C23H39OS3. The van der Waals surface area contributed by atoms with Gasteiger partial charge in [0.1, 0.15) is 11.9 Å². The second-order valence-electron chi connectivity index (χ2n) is 7.17. The Balaban J connectivity index is 2.25. The molecule has 0 amide bonds. The highest BCUT2D eigenvalue weighted by Gasteiger charge is 2.20. The molecule has 4 heteroatoms. The van der Waals surface area contributed by atoms with Gasteiger partial charge in [-0.25, -0.2) is 0 Å². The maximum atomic E-state index is 6.26. The van der Waals surface area contributed by atoms with Crippen molar-refractivity contribution in [2.24, 2.45) is 0 Å². The molecule has 2 unspecified atom stereocenters. The lowest BCUT2D eigenvalue weighted by atomic mass is 10.1. The van der Waals surface area contributed by atoms with Crippen LogP contribution in [-0.4, -0.2) is 28.4 Å². The van der Waals surface area contributed by atoms with Crippen LogP contribution in [0.4, 0.5) is 0 Å². The number of rotatable bonds is 18. The van der Waals surface area contributed by atoms with Crippen molar-refractivity contribution >= 4 is 36.2 Å². The zero-order valence-corrected chi connectivity index (χ0v) is 19.8. The summed E-state index contributed by atoms with van der Waals surface area (Å²) in [6.45, 7) is 2.26. The van der Waals surface area contributed by atoms with Crippen LogP contribution in [0.15, 0.2) is 30.3 Å². The molecule has 1 nitrogen and oxygen atoms in total. The van der Waals surface area contributed by atoms with E-state index in [0.29, 0.717) is 0 Å². The van der Waals surface area contributed by atoms with Crippen LogP contribution in [0.1, 0.15) is 77.6 Å². The van der Waals surface area contributed by atoms with Crippen molar-refractivity contribution in [1.29, 1.82) is 0 Å². The molecule has 0 fully saturated rings. The second kappa shape index (κ2) is 18.1. The van der Waals surface area contributed by atoms with Crippen LogP contribution in [0.3, 0.4) is 0 Å². The third-order valence-electron chi connectivity index (χ3n) is 4.70. The summed E-state index contributed by atoms with van der Waals surface area (Å²) in [6.07, 6.45) is 16.7. The van der Waals surface area contributed by atoms with E-state index in [0.717, 1.165) is 12.2 Å². The summed E-state index contributed by atoms with van der Waals surface area (Å²) in [5, 5.41) is 0. The average molecular weight is 428 g/mol. The molecule has 2 atom stereocenters. The van der Waals surface area contributed by atoms with Gasteiger partial charge in [0.15, 0.2) is 0 Å². The normalized spacial score (nSPS) is 13.4. The van der Waals surface area contributed by atoms with E-state index in [4.69, 9.17) is 17.4 Å². The van der Waals surface area contributed by atoms with Gasteiger partial charge in [-0.15, -0.1) is 11.8 Å². The molecule has 0 heterocycles. The van der Waals surface area contributed by atoms with Gasteiger partial charge in [-0.3, -0.25) is 0 Å². The first-order chi connectivity index (χ1) is 13.3. The molecule has 0 N–H and O–H groups in total. The molecule has 0 aliphatic heterocycles. The molecule has 0 saturated carbocycles. The van der Waals surface area contributed by atoms with Crippen molar-refractivity contribution in [3.63, 3.8) is 0 Å². The number of hydrogen-bond acceptors (Lipinski definition) is 3. The summed E-state index contributed by atoms with van der Waals surface area (Å²) in [7, 11) is 0. The van der Waals surface area contributed by atoms with Crippen LogP contribution in [0.2, 0.25) is 0 Å². The summed E-state index contributed by atoms with van der Waals surface area (Å²) in [6, 6.07) is 10.2. The Morgan fingerprint density at radius 3 is 2.15 bits per heavy atom. The lowest BCUT2D eigenvalue weighted by Gasteiger charge is -2.24. The molecule has 0 aliphatic carbocycles. The largest absolute Gasteiger partial charge is 0.488 e. The van der Waals surface area contributed by atoms with E-state index >= 15 is 0 Å². The summed E-state index contributed by atoms with van der Waals surface area (Å²) in [5.74, 6) is 3.44. The zero-order valence-electron chi connectivity index (χ0n) is 17.4. The predicted octanol–water partition coefficient (Wildman–Crippen LogP) is 8.36. The SMILES string of the molecule is CCCCCCC(Oc1ccccc1)C([S])SCCCCCCCCSC. The van der Waals surface area contributed by atoms with Crippen LogP contribution < -0.4 is 4.74 Å². The fourth-order valence-corrected chi connectivity index (χ4v) is 5.04. The number of unbranched alkanes of at least 4 members (excludes halogenated alkanes) is 8. The fourth-order valence-electron chi connectivity index (χ4n) is 3.06. The highest BCUT2D eigenvalue weighted by atomic mass is 32.2. The predicted molar refractivity (Wildman–Crippen MR) is 130 cm³/mol. The van der Waals surface area contributed by atoms with Gasteiger partial charge in [0, 0.05) is 0 Å². The van der Waals surface area contributed by atoms with Gasteiger partial charge in [-0.2, -0.15) is 11.8 Å². The first kappa shape index (κ1) is 25.1. The molecule has 1 rings (SSSR count). The van der Waals surface area contributed by atoms with E-state index in [-0.39, 0.29) is 10.7 Å². The monoisotopic (exact) mass is 427 g/mol. The van der Waals surface area contributed by atoms with E-state index in [1.165, 1.54) is 75.7 Å². The van der Waals surface area contributed by atoms with Gasteiger partial charge in [0.2, 0.25) is 0 Å². The van der Waals surface area contributed by atoms with Gasteiger partial charge < -0.3 is 4.74 Å². The van der Waals surface area contributed by atoms with Crippen molar-refractivity contribution < 1.29 is 4.74 Å². The number of hydrogen-bond donors (Lipinski definition) is 0. The number of para-hydroxylation sites is 1. The Morgan fingerprint density at radius 1 is 0.852 bits per heavy atom. The first-order valence-electron chi connectivity index (χ1n) is 10.8. The van der Waals surface area contributed by atoms with Crippen molar-refractivity contribution in [2.75, 3.05) is 17.8 Å². The Labute approximate surface area is 182 Å². The van der Waals surface area contributed by atoms with E-state index in [9.17, 15) is 0 Å². The Kier molecular flexibility index (Phi) is 16.9. The third-order valence-corrected chi connectivity index (χ3v) is 7.27. The fraction of sp³-hybridized carbons (Fsp3) is 0.739. The van der Waals surface area contributed by atoms with Gasteiger partial charge in [0.25, 0.3) is 0 Å². The number of ether oxygens (including phenoxy) is 1. The molecule has 0 aromatic heterocycles. The number of thioether (sulfide) groups is 2. The van der Waals surface area contributed by atoms with Crippen molar-refractivity contribution in [1.82, 2.24) is 0 Å². The van der Waals surface area contributed by atoms with Crippen LogP contribution in [0, 0.1) is 0 Å². The molecule has 0 aliphatic rings. The molecular weight excluding hydrogens is 388 g/mol. The van der Waals surface area contributed by atoms with Gasteiger partial charge in [0.05, 0.1) is 4.58 Å². The minimum absolute atomic E-state index is 0.147. The lowest BCUT2D eigenvalue weighted by Crippen LogP contribution is -2.26. The van der Waals surface area contributed by atoms with Gasteiger partial charge >= 0.3 is 0 Å². The molecule has 155 valence electrons. The van der Waals surface area contributed by atoms with Crippen LogP contribution in [-0.2, 0) is 0 Å². The molecule has 0 spiro atoms. The molecule has 1 aromatic rings. The minimum Gasteiger partial charge on any atom is -0.488 e. The summed E-state index contributed by atoms with van der Waals surface area (Å²) in [5.41, 5.74) is 0. The Hall–Kier alpha value is 0.0700. The second-order valence-corrected chi connectivity index (χ2v) is 10.2. The average Bonchev–Trinajstić information content (AvgIpc) is 2.69. The summed E-state index contributed by atoms with van der Waals surface area (Å²) < 4.78 is 6.41. The maximum Gasteiger partial charge on any atom is 0.120 e. The summed E-state index contributed by atoms with van der Waals surface area (Å²) in [4.78, 5) is 0. The topological polar surface area (TPSA) is 9.23 Å². The van der Waals surface area contributed by atoms with E-state index in [1.807, 2.05) is 53.9 Å². The van der Waals surface area contributed by atoms with Crippen molar-refractivity contribution in [2.45, 2.75) is 88.2 Å². The number of benzene rings is 1. The molecule has 0 saturated heterocycles. The third kappa shape index (κ3) is 13.8. The smallest absolute Gasteiger partial charge is 0.120 e. The quantitative estimate of drug-likeness (QED) is 0.218. The molecule has 27 heavy (non-hydrogen) atoms. The van der Waals surface area contributed by atoms with E-state index < -0.39 is 0 Å².